The highest BCUT2D eigenvalue weighted by Gasteiger charge is 2.35. The minimum absolute atomic E-state index is 0.00171. The Bertz CT molecular complexity index is 569. The van der Waals surface area contributed by atoms with Crippen LogP contribution in [0.5, 0.6) is 5.75 Å². The van der Waals surface area contributed by atoms with Gasteiger partial charge in [-0.05, 0) is 44.9 Å². The lowest BCUT2D eigenvalue weighted by atomic mass is 10.1. The van der Waals surface area contributed by atoms with E-state index in [1.54, 1.807) is 18.2 Å². The number of hydrogen-bond donors (Lipinski definition) is 1. The van der Waals surface area contributed by atoms with Crippen LogP contribution in [0.25, 0.3) is 0 Å². The molecule has 2 amide bonds. The number of urea groups is 1. The second-order valence-electron chi connectivity index (χ2n) is 6.65. The van der Waals surface area contributed by atoms with Crippen molar-refractivity contribution in [2.24, 2.45) is 0 Å². The first-order valence-electron chi connectivity index (χ1n) is 8.77. The van der Waals surface area contributed by atoms with Gasteiger partial charge in [0, 0.05) is 31.7 Å². The molecule has 2 saturated heterocycles. The first-order chi connectivity index (χ1) is 11.6. The summed E-state index contributed by atoms with van der Waals surface area (Å²) in [6, 6.07) is 7.48. The molecule has 2 aliphatic rings. The Labute approximate surface area is 142 Å². The maximum absolute atomic E-state index is 13.4. The molecule has 1 aromatic rings. The molecule has 2 bridgehead atoms. The molecular weight excluding hydrogens is 309 g/mol. The Hall–Kier alpha value is -1.82. The van der Waals surface area contributed by atoms with Crippen molar-refractivity contribution in [1.82, 2.24) is 15.1 Å². The van der Waals surface area contributed by atoms with Crippen molar-refractivity contribution in [3.8, 4) is 5.75 Å². The van der Waals surface area contributed by atoms with E-state index >= 15 is 0 Å². The monoisotopic (exact) mass is 335 g/mol. The Morgan fingerprint density at radius 3 is 2.92 bits per heavy atom. The number of ether oxygens (including phenoxy) is 1. The quantitative estimate of drug-likeness (QED) is 0.841. The number of benzene rings is 1. The first kappa shape index (κ1) is 17.0. The Morgan fingerprint density at radius 1 is 1.29 bits per heavy atom. The van der Waals surface area contributed by atoms with Crippen LogP contribution in [0.15, 0.2) is 24.3 Å². The van der Waals surface area contributed by atoms with Crippen LogP contribution in [0.3, 0.4) is 0 Å². The summed E-state index contributed by atoms with van der Waals surface area (Å²) in [5, 5.41) is 2.95. The molecule has 1 N–H and O–H groups in total. The van der Waals surface area contributed by atoms with Gasteiger partial charge >= 0.3 is 6.03 Å². The molecular formula is C18H26FN3O2. The predicted octanol–water partition coefficient (Wildman–Crippen LogP) is 2.47. The van der Waals surface area contributed by atoms with Crippen LogP contribution in [0.4, 0.5) is 9.18 Å². The standard InChI is InChI=1S/C18H26FN3O2/c1-21-14-7-8-15(21)13-22(11-9-14)18(23)20-10-4-12-24-17-6-3-2-5-16(17)19/h2-3,5-6,14-15H,4,7-13H2,1H3,(H,20,23). The molecule has 2 heterocycles. The minimum Gasteiger partial charge on any atom is -0.490 e. The van der Waals surface area contributed by atoms with Crippen LogP contribution in [0.1, 0.15) is 25.7 Å². The number of halogens is 1. The van der Waals surface area contributed by atoms with E-state index in [4.69, 9.17) is 4.74 Å². The summed E-state index contributed by atoms with van der Waals surface area (Å²) in [5.41, 5.74) is 0. The Morgan fingerprint density at radius 2 is 2.08 bits per heavy atom. The average molecular weight is 335 g/mol. The third-order valence-corrected chi connectivity index (χ3v) is 5.13. The predicted molar refractivity (Wildman–Crippen MR) is 90.7 cm³/mol. The lowest BCUT2D eigenvalue weighted by molar-refractivity contribution is 0.187. The van der Waals surface area contributed by atoms with Gasteiger partial charge in [-0.2, -0.15) is 0 Å². The smallest absolute Gasteiger partial charge is 0.317 e. The van der Waals surface area contributed by atoms with Crippen LogP contribution >= 0.6 is 0 Å². The molecule has 6 heteroatoms. The summed E-state index contributed by atoms with van der Waals surface area (Å²) in [7, 11) is 2.17. The third kappa shape index (κ3) is 3.98. The number of para-hydroxylation sites is 1. The van der Waals surface area contributed by atoms with E-state index in [1.165, 1.54) is 18.9 Å². The van der Waals surface area contributed by atoms with Crippen molar-refractivity contribution in [2.45, 2.75) is 37.8 Å². The summed E-state index contributed by atoms with van der Waals surface area (Å²) >= 11 is 0. The highest BCUT2D eigenvalue weighted by Crippen LogP contribution is 2.28. The third-order valence-electron chi connectivity index (χ3n) is 5.13. The molecule has 0 radical (unpaired) electrons. The van der Waals surface area contributed by atoms with E-state index in [0.29, 0.717) is 31.7 Å². The number of likely N-dealkylation sites (tertiary alicyclic amines) is 1. The fourth-order valence-electron chi connectivity index (χ4n) is 3.62. The molecule has 5 nitrogen and oxygen atoms in total. The Balaban J connectivity index is 1.36. The SMILES string of the molecule is CN1C2CCC1CN(C(=O)NCCCOc1ccccc1F)CC2. The molecule has 0 aliphatic carbocycles. The zero-order valence-corrected chi connectivity index (χ0v) is 14.2. The maximum atomic E-state index is 13.4. The van der Waals surface area contributed by atoms with E-state index in [0.717, 1.165) is 19.5 Å². The number of likely N-dealkylation sites (N-methyl/N-ethyl adjacent to an activating group) is 1. The van der Waals surface area contributed by atoms with Crippen molar-refractivity contribution in [2.75, 3.05) is 33.3 Å². The molecule has 3 rings (SSSR count). The van der Waals surface area contributed by atoms with Crippen molar-refractivity contribution in [3.63, 3.8) is 0 Å². The van der Waals surface area contributed by atoms with Gasteiger partial charge < -0.3 is 15.0 Å². The number of carbonyl (C=O) groups excluding carboxylic acids is 1. The molecule has 2 unspecified atom stereocenters. The lowest BCUT2D eigenvalue weighted by Crippen LogP contribution is -2.45. The molecule has 2 aliphatic heterocycles. The van der Waals surface area contributed by atoms with Gasteiger partial charge in [0.15, 0.2) is 11.6 Å². The van der Waals surface area contributed by atoms with Crippen LogP contribution < -0.4 is 10.1 Å². The molecule has 0 aromatic heterocycles. The maximum Gasteiger partial charge on any atom is 0.317 e. The largest absolute Gasteiger partial charge is 0.490 e. The number of carbonyl (C=O) groups is 1. The summed E-state index contributed by atoms with van der Waals surface area (Å²) in [4.78, 5) is 16.7. The van der Waals surface area contributed by atoms with Gasteiger partial charge in [-0.3, -0.25) is 4.90 Å². The second-order valence-corrected chi connectivity index (χ2v) is 6.65. The number of hydrogen-bond acceptors (Lipinski definition) is 3. The molecule has 0 spiro atoms. The number of fused-ring (bicyclic) bond motifs is 2. The van der Waals surface area contributed by atoms with Gasteiger partial charge in [0.2, 0.25) is 0 Å². The molecule has 0 saturated carbocycles. The first-order valence-corrected chi connectivity index (χ1v) is 8.77. The van der Waals surface area contributed by atoms with Gasteiger partial charge in [0.1, 0.15) is 0 Å². The average Bonchev–Trinajstić information content (AvgIpc) is 2.81. The molecule has 2 fully saturated rings. The van der Waals surface area contributed by atoms with E-state index < -0.39 is 0 Å². The highest BCUT2D eigenvalue weighted by atomic mass is 19.1. The number of amides is 2. The number of nitrogens with zero attached hydrogens (tertiary/aromatic N) is 2. The topological polar surface area (TPSA) is 44.8 Å². The summed E-state index contributed by atoms with van der Waals surface area (Å²) in [6.07, 6.45) is 4.14. The van der Waals surface area contributed by atoms with Gasteiger partial charge in [-0.15, -0.1) is 0 Å². The summed E-state index contributed by atoms with van der Waals surface area (Å²) in [6.45, 7) is 2.55. The number of rotatable bonds is 5. The van der Waals surface area contributed by atoms with Gasteiger partial charge in [0.25, 0.3) is 0 Å². The van der Waals surface area contributed by atoms with Crippen LogP contribution in [0.2, 0.25) is 0 Å². The fraction of sp³-hybridized carbons (Fsp3) is 0.611. The van der Waals surface area contributed by atoms with Crippen molar-refractivity contribution in [3.05, 3.63) is 30.1 Å². The van der Waals surface area contributed by atoms with Crippen LogP contribution in [-0.4, -0.2) is 61.2 Å². The van der Waals surface area contributed by atoms with E-state index in [1.807, 2.05) is 4.90 Å². The summed E-state index contributed by atoms with van der Waals surface area (Å²) < 4.78 is 18.8. The van der Waals surface area contributed by atoms with Gasteiger partial charge in [-0.1, -0.05) is 12.1 Å². The molecule has 2 atom stereocenters. The van der Waals surface area contributed by atoms with Crippen LogP contribution in [-0.2, 0) is 0 Å². The van der Waals surface area contributed by atoms with E-state index in [9.17, 15) is 9.18 Å². The zero-order chi connectivity index (χ0) is 16.9. The molecule has 132 valence electrons. The van der Waals surface area contributed by atoms with Crippen LogP contribution in [0, 0.1) is 5.82 Å². The zero-order valence-electron chi connectivity index (χ0n) is 14.2. The summed E-state index contributed by atoms with van der Waals surface area (Å²) in [5.74, 6) is -0.0966. The highest BCUT2D eigenvalue weighted by molar-refractivity contribution is 5.74. The van der Waals surface area contributed by atoms with Crippen molar-refractivity contribution < 1.29 is 13.9 Å². The lowest BCUT2D eigenvalue weighted by Gasteiger charge is -2.26. The molecule has 1 aromatic carbocycles. The fourth-order valence-corrected chi connectivity index (χ4v) is 3.62. The van der Waals surface area contributed by atoms with Crippen molar-refractivity contribution >= 4 is 6.03 Å². The second kappa shape index (κ2) is 7.83. The van der Waals surface area contributed by atoms with E-state index in [2.05, 4.69) is 17.3 Å². The van der Waals surface area contributed by atoms with Crippen molar-refractivity contribution in [1.29, 1.82) is 0 Å². The van der Waals surface area contributed by atoms with Gasteiger partial charge in [-0.25, -0.2) is 9.18 Å². The molecule has 24 heavy (non-hydrogen) atoms. The van der Waals surface area contributed by atoms with Gasteiger partial charge in [0.05, 0.1) is 6.61 Å². The normalized spacial score (nSPS) is 23.8. The minimum atomic E-state index is -0.356. The number of nitrogens with one attached hydrogen (secondary N) is 1. The van der Waals surface area contributed by atoms with E-state index in [-0.39, 0.29) is 17.6 Å². The Kier molecular flexibility index (Phi) is 5.56.